The Hall–Kier alpha value is -0.410. The molecule has 0 saturated carbocycles. The zero-order valence-corrected chi connectivity index (χ0v) is 13.2. The van der Waals surface area contributed by atoms with Gasteiger partial charge in [0, 0.05) is 22.7 Å². The Morgan fingerprint density at radius 2 is 1.85 bits per heavy atom. The molecule has 0 fully saturated rings. The van der Waals surface area contributed by atoms with E-state index in [4.69, 9.17) is 42.0 Å². The van der Waals surface area contributed by atoms with Crippen LogP contribution in [0.3, 0.4) is 0 Å². The summed E-state index contributed by atoms with van der Waals surface area (Å²) in [6.07, 6.45) is -1.79. The summed E-state index contributed by atoms with van der Waals surface area (Å²) in [7, 11) is -2.71. The Labute approximate surface area is 128 Å². The first-order valence-electron chi connectivity index (χ1n) is 5.51. The minimum Gasteiger partial charge on any atom is -0.359 e. The maximum absolute atomic E-state index is 11.0. The van der Waals surface area contributed by atoms with Gasteiger partial charge in [-0.3, -0.25) is 4.18 Å². The summed E-state index contributed by atoms with van der Waals surface area (Å²) in [5.41, 5.74) is 0.407. The number of nitrogens with two attached hydrogens (primary N) is 1. The molecule has 114 valence electrons. The number of hydrogen-bond donors (Lipinski definition) is 1. The maximum atomic E-state index is 11.0. The maximum Gasteiger partial charge on any atom is 0.333 e. The SMILES string of the molecule is COCO[C@@H](c1c(Cl)cccc1Cl)[C@H](C)OS(N)(=O)=O. The van der Waals surface area contributed by atoms with Gasteiger partial charge in [0.05, 0.1) is 0 Å². The van der Waals surface area contributed by atoms with Crippen LogP contribution in [0.25, 0.3) is 0 Å². The van der Waals surface area contributed by atoms with Crippen molar-refractivity contribution in [3.05, 3.63) is 33.8 Å². The molecule has 0 aromatic heterocycles. The summed E-state index contributed by atoms with van der Waals surface area (Å²) in [6, 6.07) is 4.87. The Bertz CT molecular complexity index is 531. The number of methoxy groups -OCH3 is 1. The molecular formula is C11H15Cl2NO5S. The second-order valence-corrected chi connectivity index (χ2v) is 5.92. The van der Waals surface area contributed by atoms with Gasteiger partial charge in [-0.2, -0.15) is 8.42 Å². The van der Waals surface area contributed by atoms with Crippen molar-refractivity contribution in [3.8, 4) is 0 Å². The zero-order chi connectivity index (χ0) is 15.3. The van der Waals surface area contributed by atoms with E-state index in [9.17, 15) is 8.42 Å². The highest BCUT2D eigenvalue weighted by Gasteiger charge is 2.28. The predicted molar refractivity (Wildman–Crippen MR) is 75.8 cm³/mol. The molecule has 0 heterocycles. The van der Waals surface area contributed by atoms with E-state index >= 15 is 0 Å². The predicted octanol–water partition coefficient (Wildman–Crippen LogP) is 2.26. The van der Waals surface area contributed by atoms with E-state index in [1.165, 1.54) is 14.0 Å². The van der Waals surface area contributed by atoms with Gasteiger partial charge in [0.1, 0.15) is 19.0 Å². The third kappa shape index (κ3) is 5.17. The van der Waals surface area contributed by atoms with Crippen LogP contribution in [0.2, 0.25) is 10.0 Å². The van der Waals surface area contributed by atoms with Crippen LogP contribution < -0.4 is 5.14 Å². The highest BCUT2D eigenvalue weighted by molar-refractivity contribution is 7.84. The molecule has 1 aromatic carbocycles. The highest BCUT2D eigenvalue weighted by atomic mass is 35.5. The second-order valence-electron chi connectivity index (χ2n) is 3.92. The monoisotopic (exact) mass is 343 g/mol. The lowest BCUT2D eigenvalue weighted by molar-refractivity contribution is -0.104. The van der Waals surface area contributed by atoms with Crippen LogP contribution in [-0.4, -0.2) is 28.4 Å². The number of ether oxygens (including phenoxy) is 2. The van der Waals surface area contributed by atoms with E-state index in [1.54, 1.807) is 18.2 Å². The quantitative estimate of drug-likeness (QED) is 0.767. The Morgan fingerprint density at radius 3 is 2.30 bits per heavy atom. The standard InChI is InChI=1S/C11H15Cl2NO5S/c1-7(19-20(14,15)16)11(18-6-17-2)10-8(12)4-3-5-9(10)13/h3-5,7,11H,6H2,1-2H3,(H2,14,15,16)/t7-,11+/m0/s1. The molecular weight excluding hydrogens is 329 g/mol. The van der Waals surface area contributed by atoms with Crippen molar-refractivity contribution in [2.24, 2.45) is 5.14 Å². The summed E-state index contributed by atoms with van der Waals surface area (Å²) < 4.78 is 37.0. The first-order valence-corrected chi connectivity index (χ1v) is 7.74. The number of hydrogen-bond acceptors (Lipinski definition) is 5. The molecule has 0 saturated heterocycles. The van der Waals surface area contributed by atoms with Gasteiger partial charge >= 0.3 is 10.3 Å². The normalized spacial score (nSPS) is 15.1. The van der Waals surface area contributed by atoms with E-state index < -0.39 is 22.5 Å². The van der Waals surface area contributed by atoms with Crippen molar-refractivity contribution in [2.45, 2.75) is 19.1 Å². The topological polar surface area (TPSA) is 87.8 Å². The van der Waals surface area contributed by atoms with Crippen molar-refractivity contribution in [1.29, 1.82) is 0 Å². The Balaban J connectivity index is 3.11. The van der Waals surface area contributed by atoms with Gasteiger partial charge in [-0.05, 0) is 19.1 Å². The van der Waals surface area contributed by atoms with Gasteiger partial charge < -0.3 is 9.47 Å². The van der Waals surface area contributed by atoms with E-state index in [0.717, 1.165) is 0 Å². The summed E-state index contributed by atoms with van der Waals surface area (Å²) in [5.74, 6) is 0. The lowest BCUT2D eigenvalue weighted by atomic mass is 10.1. The fourth-order valence-corrected chi connectivity index (χ4v) is 2.78. The Morgan fingerprint density at radius 1 is 1.30 bits per heavy atom. The number of rotatable bonds is 7. The molecule has 20 heavy (non-hydrogen) atoms. The summed E-state index contributed by atoms with van der Waals surface area (Å²) in [5, 5.41) is 5.50. The van der Waals surface area contributed by atoms with Gasteiger partial charge in [0.25, 0.3) is 0 Å². The zero-order valence-electron chi connectivity index (χ0n) is 10.9. The molecule has 0 spiro atoms. The molecule has 9 heteroatoms. The third-order valence-corrected chi connectivity index (χ3v) is 3.59. The summed E-state index contributed by atoms with van der Waals surface area (Å²) in [6.45, 7) is 1.38. The molecule has 6 nitrogen and oxygen atoms in total. The van der Waals surface area contributed by atoms with Crippen LogP contribution in [0.5, 0.6) is 0 Å². The highest BCUT2D eigenvalue weighted by Crippen LogP contribution is 2.35. The first-order chi connectivity index (χ1) is 9.26. The van der Waals surface area contributed by atoms with E-state index in [0.29, 0.717) is 15.6 Å². The van der Waals surface area contributed by atoms with E-state index in [-0.39, 0.29) is 6.79 Å². The van der Waals surface area contributed by atoms with E-state index in [2.05, 4.69) is 0 Å². The van der Waals surface area contributed by atoms with Crippen molar-refractivity contribution in [1.82, 2.24) is 0 Å². The molecule has 0 aliphatic rings. The molecule has 0 aliphatic heterocycles. The fraction of sp³-hybridized carbons (Fsp3) is 0.455. The van der Waals surface area contributed by atoms with Crippen molar-refractivity contribution in [2.75, 3.05) is 13.9 Å². The fourth-order valence-electron chi connectivity index (χ4n) is 1.64. The smallest absolute Gasteiger partial charge is 0.333 e. The summed E-state index contributed by atoms with van der Waals surface area (Å²) >= 11 is 12.2. The minimum absolute atomic E-state index is 0.0927. The van der Waals surface area contributed by atoms with Crippen LogP contribution in [-0.2, 0) is 24.0 Å². The molecule has 2 N–H and O–H groups in total. The molecule has 0 amide bonds. The first kappa shape index (κ1) is 17.6. The third-order valence-electron chi connectivity index (χ3n) is 2.36. The van der Waals surface area contributed by atoms with Crippen LogP contribution in [0.4, 0.5) is 0 Å². The lowest BCUT2D eigenvalue weighted by Gasteiger charge is -2.25. The minimum atomic E-state index is -4.13. The molecule has 2 atom stereocenters. The van der Waals surface area contributed by atoms with Gasteiger partial charge in [0.15, 0.2) is 0 Å². The average molecular weight is 344 g/mol. The van der Waals surface area contributed by atoms with Gasteiger partial charge in [-0.1, -0.05) is 29.3 Å². The molecule has 0 radical (unpaired) electrons. The van der Waals surface area contributed by atoms with Crippen LogP contribution in [0.1, 0.15) is 18.6 Å². The van der Waals surface area contributed by atoms with Crippen molar-refractivity contribution in [3.63, 3.8) is 0 Å². The second kappa shape index (κ2) is 7.56. The number of halogens is 2. The van der Waals surface area contributed by atoms with Crippen LogP contribution in [0, 0.1) is 0 Å². The van der Waals surface area contributed by atoms with Crippen molar-refractivity contribution >= 4 is 33.5 Å². The average Bonchev–Trinajstić information content (AvgIpc) is 2.30. The molecule has 1 rings (SSSR count). The van der Waals surface area contributed by atoms with Gasteiger partial charge in [-0.25, -0.2) is 5.14 Å². The number of benzene rings is 1. The van der Waals surface area contributed by atoms with Crippen molar-refractivity contribution < 1.29 is 22.1 Å². The van der Waals surface area contributed by atoms with Crippen LogP contribution in [0.15, 0.2) is 18.2 Å². The largest absolute Gasteiger partial charge is 0.359 e. The van der Waals surface area contributed by atoms with E-state index in [1.807, 2.05) is 0 Å². The molecule has 0 bridgehead atoms. The Kier molecular flexibility index (Phi) is 6.67. The lowest BCUT2D eigenvalue weighted by Crippen LogP contribution is -2.29. The molecule has 0 aliphatic carbocycles. The van der Waals surface area contributed by atoms with Gasteiger partial charge in [-0.15, -0.1) is 0 Å². The molecule has 0 unspecified atom stereocenters. The van der Waals surface area contributed by atoms with Crippen LogP contribution >= 0.6 is 23.2 Å². The molecule has 1 aromatic rings. The summed E-state index contributed by atoms with van der Waals surface area (Å²) in [4.78, 5) is 0. The van der Waals surface area contributed by atoms with Gasteiger partial charge in [0.2, 0.25) is 0 Å².